The van der Waals surface area contributed by atoms with Gasteiger partial charge in [0.15, 0.2) is 0 Å². The van der Waals surface area contributed by atoms with Crippen LogP contribution in [0.3, 0.4) is 0 Å². The van der Waals surface area contributed by atoms with Crippen LogP contribution in [0.2, 0.25) is 0 Å². The van der Waals surface area contributed by atoms with Crippen molar-refractivity contribution in [3.8, 4) is 0 Å². The van der Waals surface area contributed by atoms with Crippen molar-refractivity contribution < 1.29 is 4.79 Å². The Kier molecular flexibility index (Phi) is 3.91. The molecule has 0 unspecified atom stereocenters. The molecule has 3 heterocycles. The summed E-state index contributed by atoms with van der Waals surface area (Å²) in [6.07, 6.45) is 7.97. The van der Waals surface area contributed by atoms with Gasteiger partial charge in [-0.2, -0.15) is 0 Å². The molecule has 0 saturated carbocycles. The van der Waals surface area contributed by atoms with Crippen LogP contribution in [0.5, 0.6) is 0 Å². The molecule has 1 aromatic carbocycles. The van der Waals surface area contributed by atoms with Gasteiger partial charge in [-0.25, -0.2) is 0 Å². The normalized spacial score (nSPS) is 29.9. The zero-order chi connectivity index (χ0) is 14.9. The number of nitrogens with one attached hydrogen (secondary N) is 1. The molecule has 4 aliphatic rings. The number of amides is 1. The zero-order valence-electron chi connectivity index (χ0n) is 13.3. The number of carbonyl (C=O) groups is 1. The summed E-state index contributed by atoms with van der Waals surface area (Å²) < 4.78 is 0. The van der Waals surface area contributed by atoms with Crippen LogP contribution < -0.4 is 5.32 Å². The summed E-state index contributed by atoms with van der Waals surface area (Å²) in [7, 11) is 0. The second kappa shape index (κ2) is 6.04. The number of hydrogen-bond acceptors (Lipinski definition) is 2. The fourth-order valence-electron chi connectivity index (χ4n) is 4.59. The molecule has 2 bridgehead atoms. The Morgan fingerprint density at radius 1 is 1.18 bits per heavy atom. The van der Waals surface area contributed by atoms with E-state index in [9.17, 15) is 4.79 Å². The van der Waals surface area contributed by atoms with Crippen LogP contribution in [-0.4, -0.2) is 36.5 Å². The average Bonchev–Trinajstić information content (AvgIpc) is 2.56. The van der Waals surface area contributed by atoms with Crippen LogP contribution in [0.4, 0.5) is 0 Å². The molecule has 0 radical (unpaired) electrons. The molecule has 3 fully saturated rings. The summed E-state index contributed by atoms with van der Waals surface area (Å²) in [6.45, 7) is 3.51. The number of carbonyl (C=O) groups excluding carboxylic acids is 1. The first kappa shape index (κ1) is 14.3. The maximum absolute atomic E-state index is 12.5. The van der Waals surface area contributed by atoms with E-state index in [-0.39, 0.29) is 5.91 Å². The van der Waals surface area contributed by atoms with Crippen LogP contribution in [0.1, 0.15) is 42.4 Å². The molecule has 5 rings (SSSR count). The topological polar surface area (TPSA) is 32.3 Å². The number of rotatable bonds is 3. The van der Waals surface area contributed by atoms with Gasteiger partial charge in [-0.3, -0.25) is 4.79 Å². The maximum atomic E-state index is 12.5. The second-order valence-corrected chi connectivity index (χ2v) is 7.25. The average molecular weight is 298 g/mol. The van der Waals surface area contributed by atoms with Gasteiger partial charge >= 0.3 is 0 Å². The van der Waals surface area contributed by atoms with Crippen LogP contribution in [0.25, 0.3) is 0 Å². The molecule has 3 saturated heterocycles. The van der Waals surface area contributed by atoms with E-state index in [1.54, 1.807) is 0 Å². The smallest absolute Gasteiger partial charge is 0.224 e. The Morgan fingerprint density at radius 3 is 2.77 bits per heavy atom. The third kappa shape index (κ3) is 2.79. The summed E-state index contributed by atoms with van der Waals surface area (Å²) >= 11 is 0. The first-order valence-corrected chi connectivity index (χ1v) is 8.91. The van der Waals surface area contributed by atoms with E-state index in [4.69, 9.17) is 0 Å². The van der Waals surface area contributed by atoms with Crippen molar-refractivity contribution in [2.45, 2.75) is 51.0 Å². The molecular weight excluding hydrogens is 272 g/mol. The van der Waals surface area contributed by atoms with Crippen molar-refractivity contribution in [2.24, 2.45) is 5.92 Å². The number of benzene rings is 1. The predicted molar refractivity (Wildman–Crippen MR) is 87.9 cm³/mol. The fourth-order valence-corrected chi connectivity index (χ4v) is 4.59. The van der Waals surface area contributed by atoms with Gasteiger partial charge in [0.2, 0.25) is 5.91 Å². The van der Waals surface area contributed by atoms with E-state index in [2.05, 4.69) is 28.4 Å². The highest BCUT2D eigenvalue weighted by Crippen LogP contribution is 2.28. The molecule has 1 amide bonds. The molecule has 3 nitrogen and oxygen atoms in total. The first-order chi connectivity index (χ1) is 10.8. The van der Waals surface area contributed by atoms with E-state index >= 15 is 0 Å². The molecule has 1 atom stereocenters. The van der Waals surface area contributed by atoms with Gasteiger partial charge in [0.1, 0.15) is 0 Å². The van der Waals surface area contributed by atoms with Gasteiger partial charge in [0.25, 0.3) is 0 Å². The molecule has 22 heavy (non-hydrogen) atoms. The Bertz CT molecular complexity index is 561. The summed E-state index contributed by atoms with van der Waals surface area (Å²) in [4.78, 5) is 15.0. The van der Waals surface area contributed by atoms with Crippen molar-refractivity contribution in [1.29, 1.82) is 0 Å². The van der Waals surface area contributed by atoms with Crippen molar-refractivity contribution in [3.63, 3.8) is 0 Å². The largest absolute Gasteiger partial charge is 0.352 e. The highest BCUT2D eigenvalue weighted by atomic mass is 16.1. The van der Waals surface area contributed by atoms with Crippen molar-refractivity contribution >= 4 is 5.91 Å². The van der Waals surface area contributed by atoms with Gasteiger partial charge in [-0.15, -0.1) is 0 Å². The number of hydrogen-bond donors (Lipinski definition) is 1. The van der Waals surface area contributed by atoms with Crippen molar-refractivity contribution in [1.82, 2.24) is 10.2 Å². The number of piperidine rings is 3. The second-order valence-electron chi connectivity index (χ2n) is 7.25. The molecule has 0 spiro atoms. The van der Waals surface area contributed by atoms with Gasteiger partial charge in [-0.1, -0.05) is 18.2 Å². The molecule has 3 heteroatoms. The molecule has 0 aromatic heterocycles. The van der Waals surface area contributed by atoms with Crippen LogP contribution in [0, 0.1) is 5.92 Å². The minimum atomic E-state index is 0.220. The summed E-state index contributed by atoms with van der Waals surface area (Å²) in [5.74, 6) is 0.927. The van der Waals surface area contributed by atoms with Gasteiger partial charge in [-0.05, 0) is 74.2 Å². The summed E-state index contributed by atoms with van der Waals surface area (Å²) in [5, 5.41) is 3.32. The Balaban J connectivity index is 1.42. The number of aryl methyl sites for hydroxylation is 1. The van der Waals surface area contributed by atoms with Crippen LogP contribution >= 0.6 is 0 Å². The molecule has 1 aliphatic carbocycles. The highest BCUT2D eigenvalue weighted by molar-refractivity contribution is 5.79. The SMILES string of the molecule is O=C(Cc1cccc2c1CCCC2)N[C@@H]1CN2CCC1CC2. The molecular formula is C19H26N2O. The number of fused-ring (bicyclic) bond motifs is 4. The standard InChI is InChI=1S/C19H26N2O/c22-19(20-18-13-21-10-8-15(18)9-11-21)12-16-6-3-5-14-4-1-2-7-17(14)16/h3,5-6,15,18H,1-2,4,7-13H2,(H,20,22)/t18-/m1/s1. The Morgan fingerprint density at radius 2 is 2.00 bits per heavy atom. The molecule has 118 valence electrons. The third-order valence-electron chi connectivity index (χ3n) is 5.85. The minimum Gasteiger partial charge on any atom is -0.352 e. The summed E-state index contributed by atoms with van der Waals surface area (Å²) in [5.41, 5.74) is 4.19. The molecule has 1 N–H and O–H groups in total. The van der Waals surface area contributed by atoms with E-state index in [0.29, 0.717) is 18.4 Å². The van der Waals surface area contributed by atoms with Gasteiger partial charge < -0.3 is 10.2 Å². The highest BCUT2D eigenvalue weighted by Gasteiger charge is 2.34. The van der Waals surface area contributed by atoms with E-state index in [1.807, 2.05) is 0 Å². The monoisotopic (exact) mass is 298 g/mol. The lowest BCUT2D eigenvalue weighted by Crippen LogP contribution is -2.57. The van der Waals surface area contributed by atoms with E-state index < -0.39 is 0 Å². The third-order valence-corrected chi connectivity index (χ3v) is 5.85. The fraction of sp³-hybridized carbons (Fsp3) is 0.632. The zero-order valence-corrected chi connectivity index (χ0v) is 13.3. The van der Waals surface area contributed by atoms with E-state index in [1.165, 1.54) is 61.9 Å². The van der Waals surface area contributed by atoms with Gasteiger partial charge in [0.05, 0.1) is 6.42 Å². The Labute approximate surface area is 133 Å². The summed E-state index contributed by atoms with van der Waals surface area (Å²) in [6, 6.07) is 6.90. The van der Waals surface area contributed by atoms with Crippen LogP contribution in [0.15, 0.2) is 18.2 Å². The minimum absolute atomic E-state index is 0.220. The lowest BCUT2D eigenvalue weighted by molar-refractivity contribution is -0.122. The predicted octanol–water partition coefficient (Wildman–Crippen LogP) is 2.32. The molecule has 1 aromatic rings. The molecule has 3 aliphatic heterocycles. The van der Waals surface area contributed by atoms with Crippen molar-refractivity contribution in [2.75, 3.05) is 19.6 Å². The number of nitrogens with zero attached hydrogens (tertiary/aromatic N) is 1. The van der Waals surface area contributed by atoms with Crippen molar-refractivity contribution in [3.05, 3.63) is 34.9 Å². The lowest BCUT2D eigenvalue weighted by atomic mass is 9.83. The quantitative estimate of drug-likeness (QED) is 0.929. The first-order valence-electron chi connectivity index (χ1n) is 8.91. The van der Waals surface area contributed by atoms with Gasteiger partial charge in [0, 0.05) is 12.6 Å². The maximum Gasteiger partial charge on any atom is 0.224 e. The lowest BCUT2D eigenvalue weighted by Gasteiger charge is -2.45. The van der Waals surface area contributed by atoms with Crippen LogP contribution in [-0.2, 0) is 24.1 Å². The van der Waals surface area contributed by atoms with E-state index in [0.717, 1.165) is 13.0 Å². The Hall–Kier alpha value is -1.35.